The summed E-state index contributed by atoms with van der Waals surface area (Å²) in [6.45, 7) is 7.81. The summed E-state index contributed by atoms with van der Waals surface area (Å²) < 4.78 is 12.1. The molecule has 1 atom stereocenters. The first kappa shape index (κ1) is 19.0. The Balaban J connectivity index is 2.07. The topological polar surface area (TPSA) is 91.2 Å². The number of aromatic nitrogens is 4. The van der Waals surface area contributed by atoms with Crippen molar-refractivity contribution in [1.82, 2.24) is 20.2 Å². The van der Waals surface area contributed by atoms with Gasteiger partial charge >= 0.3 is 0 Å². The van der Waals surface area contributed by atoms with Gasteiger partial charge in [-0.15, -0.1) is 5.10 Å². The molecule has 2 rings (SSSR count). The minimum atomic E-state index is -0.375. The number of ether oxygens (including phenoxy) is 2. The van der Waals surface area contributed by atoms with E-state index in [1.165, 1.54) is 11.8 Å². The number of carbonyl (C=O) groups excluding carboxylic acids is 1. The third kappa shape index (κ3) is 4.62. The number of nitrogens with zero attached hydrogens (tertiary/aromatic N) is 4. The Morgan fingerprint density at radius 3 is 2.52 bits per heavy atom. The summed E-state index contributed by atoms with van der Waals surface area (Å²) >= 11 is 1.31. The number of rotatable bonds is 6. The highest BCUT2D eigenvalue weighted by molar-refractivity contribution is 8.00. The molecule has 0 aliphatic rings. The summed E-state index contributed by atoms with van der Waals surface area (Å²) in [6, 6.07) is 5.22. The zero-order valence-corrected chi connectivity index (χ0v) is 16.0. The lowest BCUT2D eigenvalue weighted by atomic mass is 10.1. The van der Waals surface area contributed by atoms with Crippen LogP contribution in [0.25, 0.3) is 0 Å². The van der Waals surface area contributed by atoms with Crippen molar-refractivity contribution >= 4 is 23.4 Å². The number of nitrogens with one attached hydrogen (secondary N) is 1. The molecule has 1 N–H and O–H groups in total. The minimum absolute atomic E-state index is 0.152. The predicted octanol–water partition coefficient (Wildman–Crippen LogP) is 2.56. The molecular formula is C16H23N5O3S. The molecule has 9 heteroatoms. The van der Waals surface area contributed by atoms with Gasteiger partial charge in [-0.25, -0.2) is 4.68 Å². The lowest BCUT2D eigenvalue weighted by Gasteiger charge is -2.20. The van der Waals surface area contributed by atoms with Gasteiger partial charge in [0.15, 0.2) is 11.5 Å². The number of carbonyl (C=O) groups is 1. The second kappa shape index (κ2) is 7.73. The van der Waals surface area contributed by atoms with E-state index in [1.54, 1.807) is 37.1 Å². The van der Waals surface area contributed by atoms with Crippen LogP contribution in [0.1, 0.15) is 27.7 Å². The first-order valence-electron chi connectivity index (χ1n) is 7.74. The molecule has 0 spiro atoms. The molecule has 0 aliphatic carbocycles. The standard InChI is InChI=1S/C16H23N5O3S/c1-10(25-15-18-19-20-21(15)16(2,3)4)14(22)17-11-7-8-12(23-5)13(9-11)24-6/h7-10H,1-6H3,(H,17,22). The molecule has 0 aliphatic heterocycles. The van der Waals surface area contributed by atoms with Gasteiger partial charge in [0.05, 0.1) is 25.0 Å². The van der Waals surface area contributed by atoms with E-state index in [9.17, 15) is 4.79 Å². The fourth-order valence-electron chi connectivity index (χ4n) is 2.04. The van der Waals surface area contributed by atoms with Crippen molar-refractivity contribution in [2.75, 3.05) is 19.5 Å². The Morgan fingerprint density at radius 2 is 1.92 bits per heavy atom. The Bertz CT molecular complexity index is 742. The van der Waals surface area contributed by atoms with Crippen molar-refractivity contribution in [3.05, 3.63) is 18.2 Å². The quantitative estimate of drug-likeness (QED) is 0.787. The number of thioether (sulfide) groups is 1. The Hall–Kier alpha value is -2.29. The lowest BCUT2D eigenvalue weighted by molar-refractivity contribution is -0.115. The first-order valence-corrected chi connectivity index (χ1v) is 8.62. The number of anilines is 1. The second-order valence-corrected chi connectivity index (χ2v) is 7.67. The Kier molecular flexibility index (Phi) is 5.89. The van der Waals surface area contributed by atoms with Crippen molar-refractivity contribution in [3.63, 3.8) is 0 Å². The Labute approximate surface area is 151 Å². The smallest absolute Gasteiger partial charge is 0.237 e. The van der Waals surface area contributed by atoms with E-state index in [2.05, 4.69) is 20.8 Å². The maximum Gasteiger partial charge on any atom is 0.237 e. The SMILES string of the molecule is COc1ccc(NC(=O)C(C)Sc2nnnn2C(C)(C)C)cc1OC. The largest absolute Gasteiger partial charge is 0.493 e. The van der Waals surface area contributed by atoms with E-state index in [0.717, 1.165) is 0 Å². The number of tetrazole rings is 1. The van der Waals surface area contributed by atoms with Crippen LogP contribution in [0, 0.1) is 0 Å². The summed E-state index contributed by atoms with van der Waals surface area (Å²) in [5, 5.41) is 14.8. The monoisotopic (exact) mass is 365 g/mol. The minimum Gasteiger partial charge on any atom is -0.493 e. The molecule has 136 valence electrons. The van der Waals surface area contributed by atoms with Crippen LogP contribution in [0.3, 0.4) is 0 Å². The van der Waals surface area contributed by atoms with Crippen LogP contribution >= 0.6 is 11.8 Å². The maximum absolute atomic E-state index is 12.5. The molecule has 0 fully saturated rings. The zero-order chi connectivity index (χ0) is 18.6. The molecule has 25 heavy (non-hydrogen) atoms. The average Bonchev–Trinajstić information content (AvgIpc) is 3.03. The van der Waals surface area contributed by atoms with E-state index < -0.39 is 0 Å². The fraction of sp³-hybridized carbons (Fsp3) is 0.500. The van der Waals surface area contributed by atoms with Crippen LogP contribution in [0.15, 0.2) is 23.4 Å². The highest BCUT2D eigenvalue weighted by Gasteiger charge is 2.24. The van der Waals surface area contributed by atoms with Gasteiger partial charge in [-0.05, 0) is 50.3 Å². The number of methoxy groups -OCH3 is 2. The molecule has 0 radical (unpaired) electrons. The number of benzene rings is 1. The van der Waals surface area contributed by atoms with Gasteiger partial charge in [-0.3, -0.25) is 4.79 Å². The summed E-state index contributed by atoms with van der Waals surface area (Å²) in [6.07, 6.45) is 0. The van der Waals surface area contributed by atoms with Crippen LogP contribution in [-0.2, 0) is 10.3 Å². The van der Waals surface area contributed by atoms with Crippen molar-refractivity contribution in [3.8, 4) is 11.5 Å². The van der Waals surface area contributed by atoms with Crippen LogP contribution < -0.4 is 14.8 Å². The normalized spacial score (nSPS) is 12.6. The van der Waals surface area contributed by atoms with Gasteiger partial charge in [0, 0.05) is 11.8 Å². The molecule has 1 aromatic carbocycles. The molecular weight excluding hydrogens is 342 g/mol. The van der Waals surface area contributed by atoms with Gasteiger partial charge in [-0.1, -0.05) is 11.8 Å². The van der Waals surface area contributed by atoms with Crippen LogP contribution in [0.2, 0.25) is 0 Å². The zero-order valence-electron chi connectivity index (χ0n) is 15.2. The molecule has 1 aromatic heterocycles. The maximum atomic E-state index is 12.5. The highest BCUT2D eigenvalue weighted by atomic mass is 32.2. The van der Waals surface area contributed by atoms with E-state index in [0.29, 0.717) is 22.3 Å². The summed E-state index contributed by atoms with van der Waals surface area (Å²) in [5.74, 6) is 1.00. The molecule has 0 saturated heterocycles. The third-order valence-electron chi connectivity index (χ3n) is 3.38. The predicted molar refractivity (Wildman–Crippen MR) is 96.3 cm³/mol. The molecule has 1 amide bonds. The fourth-order valence-corrected chi connectivity index (χ4v) is 3.02. The summed E-state index contributed by atoms with van der Waals surface area (Å²) in [7, 11) is 3.11. The highest BCUT2D eigenvalue weighted by Crippen LogP contribution is 2.30. The molecule has 0 bridgehead atoms. The van der Waals surface area contributed by atoms with E-state index in [1.807, 2.05) is 27.7 Å². The molecule has 8 nitrogen and oxygen atoms in total. The van der Waals surface area contributed by atoms with Crippen molar-refractivity contribution in [2.45, 2.75) is 43.6 Å². The van der Waals surface area contributed by atoms with Crippen molar-refractivity contribution < 1.29 is 14.3 Å². The summed E-state index contributed by atoms with van der Waals surface area (Å²) in [4.78, 5) is 12.5. The van der Waals surface area contributed by atoms with Gasteiger partial charge in [0.1, 0.15) is 0 Å². The van der Waals surface area contributed by atoms with E-state index in [4.69, 9.17) is 9.47 Å². The molecule has 0 saturated carbocycles. The molecule has 1 heterocycles. The van der Waals surface area contributed by atoms with Crippen LogP contribution in [0.5, 0.6) is 11.5 Å². The number of amides is 1. The number of hydrogen-bond acceptors (Lipinski definition) is 7. The summed E-state index contributed by atoms with van der Waals surface area (Å²) in [5.41, 5.74) is 0.372. The Morgan fingerprint density at radius 1 is 1.24 bits per heavy atom. The van der Waals surface area contributed by atoms with Gasteiger partial charge < -0.3 is 14.8 Å². The number of hydrogen-bond donors (Lipinski definition) is 1. The molecule has 1 unspecified atom stereocenters. The van der Waals surface area contributed by atoms with Gasteiger partial charge in [0.2, 0.25) is 11.1 Å². The third-order valence-corrected chi connectivity index (χ3v) is 4.41. The van der Waals surface area contributed by atoms with Crippen molar-refractivity contribution in [2.24, 2.45) is 0 Å². The van der Waals surface area contributed by atoms with E-state index >= 15 is 0 Å². The second-order valence-electron chi connectivity index (χ2n) is 6.36. The van der Waals surface area contributed by atoms with Crippen molar-refractivity contribution in [1.29, 1.82) is 0 Å². The van der Waals surface area contributed by atoms with E-state index in [-0.39, 0.29) is 16.7 Å². The van der Waals surface area contributed by atoms with Crippen LogP contribution in [0.4, 0.5) is 5.69 Å². The first-order chi connectivity index (χ1) is 11.8. The average molecular weight is 365 g/mol. The lowest BCUT2D eigenvalue weighted by Crippen LogP contribution is -2.27. The van der Waals surface area contributed by atoms with Gasteiger partial charge in [-0.2, -0.15) is 0 Å². The van der Waals surface area contributed by atoms with Gasteiger partial charge in [0.25, 0.3) is 0 Å². The van der Waals surface area contributed by atoms with Crippen LogP contribution in [-0.4, -0.2) is 45.6 Å². The molecule has 2 aromatic rings.